The molecule has 1 saturated carbocycles. The number of cyclic esters (lactones) is 1. The number of amides is 3. The van der Waals surface area contributed by atoms with Gasteiger partial charge in [0.05, 0.1) is 37.4 Å². The lowest BCUT2D eigenvalue weighted by Crippen LogP contribution is -2.61. The lowest BCUT2D eigenvalue weighted by atomic mass is 9.80. The third kappa shape index (κ3) is 20.2. The average Bonchev–Trinajstić information content (AvgIpc) is 2.29. The lowest BCUT2D eigenvalue weighted by Gasteiger charge is -2.43. The number of piperidine rings is 1. The molecule has 0 spiro atoms. The minimum absolute atomic E-state index is 0.00702. The van der Waals surface area contributed by atoms with E-state index < -0.39 is 108 Å². The molecule has 5 aliphatic rings. The number of aliphatic hydroxyl groups excluding tert-OH is 1. The Hall–Kier alpha value is -5.50. The Morgan fingerprint density at radius 3 is 2.21 bits per heavy atom. The number of ether oxygens (including phenoxy) is 8. The van der Waals surface area contributed by atoms with Crippen molar-refractivity contribution in [3.63, 3.8) is 0 Å². The van der Waals surface area contributed by atoms with Gasteiger partial charge in [-0.05, 0) is 108 Å². The minimum Gasteiger partial charge on any atom is -0.459 e. The van der Waals surface area contributed by atoms with E-state index in [0.717, 1.165) is 5.57 Å². The van der Waals surface area contributed by atoms with Gasteiger partial charge in [-0.3, -0.25) is 19.2 Å². The number of esters is 1. The van der Waals surface area contributed by atoms with Crippen LogP contribution >= 0.6 is 0 Å². The van der Waals surface area contributed by atoms with E-state index in [-0.39, 0.29) is 49.5 Å². The van der Waals surface area contributed by atoms with Gasteiger partial charge in [0.15, 0.2) is 5.78 Å². The minimum atomic E-state index is -2.47. The molecule has 4 aliphatic heterocycles. The van der Waals surface area contributed by atoms with Gasteiger partial charge in [-0.15, -0.1) is 0 Å². The first-order valence-electron chi connectivity index (χ1n) is 32.2. The molecule has 2 bridgehead atoms. The molecular weight excluding hydrogens is 1150 g/mol. The number of aliphatic hydroxyl groups is 2. The molecule has 498 valence electrons. The lowest BCUT2D eigenvalue weighted by molar-refractivity contribution is -0.265. The second-order valence-corrected chi connectivity index (χ2v) is 25.1. The predicted molar refractivity (Wildman–Crippen MR) is 333 cm³/mol. The number of rotatable bonds is 15. The van der Waals surface area contributed by atoms with Crippen LogP contribution in [0.15, 0.2) is 60.0 Å². The molecule has 1 aromatic heterocycles. The SMILES string of the molecule is CCOCCC(=O)N1CCN(c2ncc(CNC(=O)O[C@@H]3CC[C@@H](C[C@@H](N)[C@@H]4C[C@@H](OC)[C@H](C)/C=C(\C)[C@@H](O)[C@@H](OC)C(=O)[C@H](C)C[C@H](C)/C=C/C=C/C=C(\C)[C@@H](OC)C[C@@H]5CC[C@@H](C)[C@@](O)(O5)C(=O)C(=O)N5CCCC[C@H]5C(=O)O4)C[C@H]3OC)cn2)CC1. The second kappa shape index (κ2) is 35.4. The summed E-state index contributed by atoms with van der Waals surface area (Å²) in [5.41, 5.74) is 9.19. The molecule has 0 aromatic carbocycles. The summed E-state index contributed by atoms with van der Waals surface area (Å²) in [6.07, 6.45) is 13.0. The zero-order valence-corrected chi connectivity index (χ0v) is 54.6. The smallest absolute Gasteiger partial charge is 0.407 e. The van der Waals surface area contributed by atoms with Crippen molar-refractivity contribution in [3.05, 3.63) is 65.6 Å². The quantitative estimate of drug-likeness (QED) is 0.0666. The molecule has 6 rings (SSSR count). The number of methoxy groups -OCH3 is 4. The number of nitrogens with one attached hydrogen (secondary N) is 1. The van der Waals surface area contributed by atoms with Gasteiger partial charge in [0.1, 0.15) is 30.5 Å². The summed E-state index contributed by atoms with van der Waals surface area (Å²) in [6, 6.07) is -1.98. The van der Waals surface area contributed by atoms with Gasteiger partial charge in [0, 0.05) is 129 Å². The normalized spacial score (nSPS) is 34.4. The van der Waals surface area contributed by atoms with E-state index in [0.29, 0.717) is 127 Å². The fourth-order valence-corrected chi connectivity index (χ4v) is 13.0. The number of piperazine rings is 1. The number of alkyl carbamates (subject to hydrolysis) is 1. The van der Waals surface area contributed by atoms with Gasteiger partial charge in [-0.2, -0.15) is 0 Å². The number of fused-ring (bicyclic) bond motifs is 3. The molecule has 3 amide bonds. The highest BCUT2D eigenvalue weighted by molar-refractivity contribution is 6.39. The third-order valence-corrected chi connectivity index (χ3v) is 18.6. The van der Waals surface area contributed by atoms with Crippen molar-refractivity contribution in [2.24, 2.45) is 35.3 Å². The number of allylic oxidation sites excluding steroid dienone is 5. The molecule has 23 heteroatoms. The number of anilines is 1. The van der Waals surface area contributed by atoms with Crippen LogP contribution in [-0.4, -0.2) is 207 Å². The fraction of sp³-hybridized carbons (Fsp3) is 0.727. The van der Waals surface area contributed by atoms with Crippen LogP contribution in [0.5, 0.6) is 0 Å². The number of carbonyl (C=O) groups excluding carboxylic acids is 6. The summed E-state index contributed by atoms with van der Waals surface area (Å²) in [5, 5.41) is 26.7. The molecule has 1 aliphatic carbocycles. The van der Waals surface area contributed by atoms with E-state index in [2.05, 4.69) is 15.3 Å². The molecule has 4 fully saturated rings. The zero-order chi connectivity index (χ0) is 65.0. The molecule has 0 unspecified atom stereocenters. The highest BCUT2D eigenvalue weighted by atomic mass is 16.6. The number of nitrogens with zero attached hydrogens (tertiary/aromatic N) is 5. The molecular formula is C66H103N7O16. The summed E-state index contributed by atoms with van der Waals surface area (Å²) < 4.78 is 47.6. The van der Waals surface area contributed by atoms with E-state index in [4.69, 9.17) is 43.6 Å². The topological polar surface area (TPSA) is 290 Å². The highest BCUT2D eigenvalue weighted by Crippen LogP contribution is 2.38. The van der Waals surface area contributed by atoms with Crippen LogP contribution in [0.3, 0.4) is 0 Å². The van der Waals surface area contributed by atoms with Gasteiger partial charge in [-0.1, -0.05) is 64.2 Å². The van der Waals surface area contributed by atoms with Crippen LogP contribution in [0, 0.1) is 29.6 Å². The third-order valence-electron chi connectivity index (χ3n) is 18.6. The average molecular weight is 1250 g/mol. The Bertz CT molecular complexity index is 2590. The first-order valence-corrected chi connectivity index (χ1v) is 32.2. The summed E-state index contributed by atoms with van der Waals surface area (Å²) in [6.45, 7) is 16.4. The second-order valence-electron chi connectivity index (χ2n) is 25.1. The van der Waals surface area contributed by atoms with Crippen molar-refractivity contribution in [3.8, 4) is 0 Å². The maximum atomic E-state index is 14.8. The van der Waals surface area contributed by atoms with Crippen LogP contribution < -0.4 is 16.0 Å². The number of hydrogen-bond donors (Lipinski definition) is 4. The van der Waals surface area contributed by atoms with Crippen molar-refractivity contribution in [2.75, 3.05) is 79.3 Å². The highest BCUT2D eigenvalue weighted by Gasteiger charge is 2.53. The van der Waals surface area contributed by atoms with Gasteiger partial charge in [0.25, 0.3) is 11.7 Å². The number of Topliss-reactive ketones (excluding diaryl/α,β-unsaturated/α-hetero) is 2. The Morgan fingerprint density at radius 1 is 0.820 bits per heavy atom. The molecule has 5 heterocycles. The Kier molecular flexibility index (Phi) is 28.8. The largest absolute Gasteiger partial charge is 0.459 e. The van der Waals surface area contributed by atoms with Gasteiger partial charge < -0.3 is 73.9 Å². The van der Waals surface area contributed by atoms with E-state index in [1.807, 2.05) is 80.9 Å². The molecule has 16 atom stereocenters. The number of hydrogen-bond acceptors (Lipinski definition) is 20. The number of carbonyl (C=O) groups is 6. The molecule has 3 saturated heterocycles. The van der Waals surface area contributed by atoms with Gasteiger partial charge in [0.2, 0.25) is 17.6 Å². The van der Waals surface area contributed by atoms with Crippen LogP contribution in [-0.2, 0) is 68.4 Å². The van der Waals surface area contributed by atoms with Gasteiger partial charge >= 0.3 is 12.1 Å². The maximum absolute atomic E-state index is 14.8. The van der Waals surface area contributed by atoms with E-state index in [1.54, 1.807) is 40.5 Å². The van der Waals surface area contributed by atoms with Crippen LogP contribution in [0.2, 0.25) is 0 Å². The monoisotopic (exact) mass is 1250 g/mol. The molecule has 1 aromatic rings. The Morgan fingerprint density at radius 2 is 1.54 bits per heavy atom. The molecule has 5 N–H and O–H groups in total. The fourth-order valence-electron chi connectivity index (χ4n) is 13.0. The van der Waals surface area contributed by atoms with Gasteiger partial charge in [-0.25, -0.2) is 19.6 Å². The Labute approximate surface area is 526 Å². The van der Waals surface area contributed by atoms with E-state index >= 15 is 0 Å². The van der Waals surface area contributed by atoms with Crippen molar-refractivity contribution in [1.29, 1.82) is 0 Å². The van der Waals surface area contributed by atoms with E-state index in [9.17, 15) is 39.0 Å². The van der Waals surface area contributed by atoms with E-state index in [1.165, 1.54) is 19.1 Å². The zero-order valence-electron chi connectivity index (χ0n) is 54.6. The standard InChI is InChI=1S/C66H103N7O16/c1-12-86-31-25-57(74)71-27-29-72(30-28-71)64-68-38-48(39-69-64)40-70-65(80)88-52-24-22-47(35-56(52)84-10)34-50(67)55-37-54(83-9)43(4)33-45(6)59(76)60(85-11)58(75)44(5)32-41(2)18-14-13-15-19-42(3)53(82-8)36-49-23-21-46(7)66(81,89-49)61(77)62(78)73-26-17-16-20-51(73)63(79)87-55/h13-15,18-19,33,38-39,41,43-44,46-47,49-56,59-60,76,81H,12,16-17,20-32,34-37,40,67H2,1-11H3,(H,70,80)/b15-13+,18-14+,42-19+,45-33+/t41-,43-,44-,46-,47+,49+,50-,51+,52-,53+,54-,55+,56-,59-,60+,66-/m1/s1. The van der Waals surface area contributed by atoms with Crippen molar-refractivity contribution < 1.29 is 76.9 Å². The van der Waals surface area contributed by atoms with Crippen LogP contribution in [0.4, 0.5) is 10.7 Å². The number of nitrogens with two attached hydrogens (primary N) is 1. The Balaban J connectivity index is 1.17. The predicted octanol–water partition coefficient (Wildman–Crippen LogP) is 6.12. The summed E-state index contributed by atoms with van der Waals surface area (Å²) in [7, 11) is 6.06. The van der Waals surface area contributed by atoms with Crippen molar-refractivity contribution in [2.45, 2.75) is 205 Å². The van der Waals surface area contributed by atoms with Crippen LogP contribution in [0.25, 0.3) is 0 Å². The molecule has 89 heavy (non-hydrogen) atoms. The van der Waals surface area contributed by atoms with Crippen molar-refractivity contribution >= 4 is 41.4 Å². The van der Waals surface area contributed by atoms with Crippen molar-refractivity contribution in [1.82, 2.24) is 25.1 Å². The van der Waals surface area contributed by atoms with Crippen LogP contribution in [0.1, 0.15) is 138 Å². The summed E-state index contributed by atoms with van der Waals surface area (Å²) in [5.74, 6) is -6.76. The maximum Gasteiger partial charge on any atom is 0.407 e. The number of ketones is 2. The first-order chi connectivity index (χ1) is 42.5. The molecule has 23 nitrogen and oxygen atoms in total. The number of aromatic nitrogens is 2. The summed E-state index contributed by atoms with van der Waals surface area (Å²) >= 11 is 0. The first kappa shape index (κ1) is 72.6. The summed E-state index contributed by atoms with van der Waals surface area (Å²) in [4.78, 5) is 97.7. The molecule has 0 radical (unpaired) electrons.